The highest BCUT2D eigenvalue weighted by atomic mass is 16.1. The van der Waals surface area contributed by atoms with E-state index >= 15 is 0 Å². The molecule has 0 aliphatic heterocycles. The Bertz CT molecular complexity index is 350. The van der Waals surface area contributed by atoms with Crippen molar-refractivity contribution in [2.45, 2.75) is 33.2 Å². The first-order chi connectivity index (χ1) is 7.67. The fourth-order valence-corrected chi connectivity index (χ4v) is 1.48. The summed E-state index contributed by atoms with van der Waals surface area (Å²) in [5.74, 6) is 0.486. The van der Waals surface area contributed by atoms with Crippen LogP contribution in [0.5, 0.6) is 0 Å². The first kappa shape index (κ1) is 12.7. The van der Waals surface area contributed by atoms with Gasteiger partial charge in [-0.05, 0) is 17.5 Å². The van der Waals surface area contributed by atoms with Crippen LogP contribution in [-0.4, -0.2) is 5.91 Å². The molecule has 0 heterocycles. The molecule has 0 aliphatic carbocycles. The molecular formula is C13H20N2O. The van der Waals surface area contributed by atoms with E-state index < -0.39 is 0 Å². The van der Waals surface area contributed by atoms with Gasteiger partial charge in [-0.2, -0.15) is 0 Å². The summed E-state index contributed by atoms with van der Waals surface area (Å²) in [5, 5.41) is 2.91. The fourth-order valence-electron chi connectivity index (χ4n) is 1.48. The number of rotatable bonds is 5. The number of nitrogens with two attached hydrogens (primary N) is 1. The topological polar surface area (TPSA) is 55.1 Å². The summed E-state index contributed by atoms with van der Waals surface area (Å²) in [6, 6.07) is 7.64. The summed E-state index contributed by atoms with van der Waals surface area (Å²) in [7, 11) is 0. The molecule has 88 valence electrons. The third-order valence-corrected chi connectivity index (χ3v) is 2.74. The molecule has 0 fully saturated rings. The standard InChI is InChI=1S/C13H20N2O/c1-3-10(2)8-13(16)15-12-7-5-4-6-11(12)9-14/h4-7,10H,3,8-9,14H2,1-2H3,(H,15,16). The normalized spacial score (nSPS) is 12.2. The number of para-hydroxylation sites is 1. The van der Waals surface area contributed by atoms with Gasteiger partial charge in [-0.15, -0.1) is 0 Å². The lowest BCUT2D eigenvalue weighted by atomic mass is 10.0. The first-order valence-corrected chi connectivity index (χ1v) is 5.75. The van der Waals surface area contributed by atoms with Crippen molar-refractivity contribution in [1.29, 1.82) is 0 Å². The number of hydrogen-bond donors (Lipinski definition) is 2. The van der Waals surface area contributed by atoms with Crippen LogP contribution in [0.15, 0.2) is 24.3 Å². The van der Waals surface area contributed by atoms with E-state index in [0.29, 0.717) is 18.9 Å². The van der Waals surface area contributed by atoms with E-state index in [0.717, 1.165) is 17.7 Å². The van der Waals surface area contributed by atoms with Gasteiger partial charge in [0.05, 0.1) is 0 Å². The average molecular weight is 220 g/mol. The van der Waals surface area contributed by atoms with E-state index in [2.05, 4.69) is 19.2 Å². The molecule has 1 amide bonds. The smallest absolute Gasteiger partial charge is 0.224 e. The lowest BCUT2D eigenvalue weighted by Crippen LogP contribution is -2.16. The van der Waals surface area contributed by atoms with E-state index in [4.69, 9.17) is 5.73 Å². The SMILES string of the molecule is CCC(C)CC(=O)Nc1ccccc1CN. The van der Waals surface area contributed by atoms with Crippen LogP contribution in [-0.2, 0) is 11.3 Å². The zero-order valence-electron chi connectivity index (χ0n) is 9.99. The highest BCUT2D eigenvalue weighted by Crippen LogP contribution is 2.15. The zero-order valence-corrected chi connectivity index (χ0v) is 9.99. The van der Waals surface area contributed by atoms with Crippen LogP contribution in [0.2, 0.25) is 0 Å². The first-order valence-electron chi connectivity index (χ1n) is 5.75. The van der Waals surface area contributed by atoms with Gasteiger partial charge < -0.3 is 11.1 Å². The van der Waals surface area contributed by atoms with Crippen molar-refractivity contribution < 1.29 is 4.79 Å². The van der Waals surface area contributed by atoms with Gasteiger partial charge >= 0.3 is 0 Å². The highest BCUT2D eigenvalue weighted by molar-refractivity contribution is 5.91. The van der Waals surface area contributed by atoms with Crippen molar-refractivity contribution >= 4 is 11.6 Å². The summed E-state index contributed by atoms with van der Waals surface area (Å²) in [5.41, 5.74) is 7.41. The Hall–Kier alpha value is -1.35. The van der Waals surface area contributed by atoms with Gasteiger partial charge in [-0.1, -0.05) is 38.5 Å². The Morgan fingerprint density at radius 1 is 1.44 bits per heavy atom. The minimum absolute atomic E-state index is 0.0650. The van der Waals surface area contributed by atoms with Crippen molar-refractivity contribution in [3.63, 3.8) is 0 Å². The third kappa shape index (κ3) is 3.66. The Morgan fingerprint density at radius 2 is 2.12 bits per heavy atom. The predicted molar refractivity (Wildman–Crippen MR) is 67.0 cm³/mol. The molecule has 0 aromatic heterocycles. The van der Waals surface area contributed by atoms with Crippen LogP contribution < -0.4 is 11.1 Å². The summed E-state index contributed by atoms with van der Waals surface area (Å²) >= 11 is 0. The number of nitrogens with one attached hydrogen (secondary N) is 1. The second-order valence-electron chi connectivity index (χ2n) is 4.13. The summed E-state index contributed by atoms with van der Waals surface area (Å²) < 4.78 is 0. The quantitative estimate of drug-likeness (QED) is 0.801. The molecule has 3 nitrogen and oxygen atoms in total. The molecule has 0 spiro atoms. The summed E-state index contributed by atoms with van der Waals surface area (Å²) in [6.07, 6.45) is 1.58. The van der Waals surface area contributed by atoms with Gasteiger partial charge in [0.1, 0.15) is 0 Å². The van der Waals surface area contributed by atoms with Crippen molar-refractivity contribution in [2.24, 2.45) is 11.7 Å². The molecule has 1 unspecified atom stereocenters. The lowest BCUT2D eigenvalue weighted by molar-refractivity contribution is -0.117. The molecule has 1 rings (SSSR count). The van der Waals surface area contributed by atoms with E-state index in [-0.39, 0.29) is 5.91 Å². The number of carbonyl (C=O) groups is 1. The molecule has 1 aromatic rings. The molecule has 16 heavy (non-hydrogen) atoms. The molecule has 1 atom stereocenters. The molecule has 3 N–H and O–H groups in total. The maximum absolute atomic E-state index is 11.7. The predicted octanol–water partition coefficient (Wildman–Crippen LogP) is 2.52. The van der Waals surface area contributed by atoms with E-state index in [1.165, 1.54) is 0 Å². The van der Waals surface area contributed by atoms with Gasteiger partial charge in [-0.3, -0.25) is 4.79 Å². The molecular weight excluding hydrogens is 200 g/mol. The van der Waals surface area contributed by atoms with Crippen LogP contribution in [0, 0.1) is 5.92 Å². The van der Waals surface area contributed by atoms with Crippen LogP contribution >= 0.6 is 0 Å². The number of hydrogen-bond acceptors (Lipinski definition) is 2. The Labute approximate surface area is 97.0 Å². The largest absolute Gasteiger partial charge is 0.326 e. The van der Waals surface area contributed by atoms with Gasteiger partial charge in [0.15, 0.2) is 0 Å². The molecule has 0 radical (unpaired) electrons. The summed E-state index contributed by atoms with van der Waals surface area (Å²) in [4.78, 5) is 11.7. The van der Waals surface area contributed by atoms with Crippen molar-refractivity contribution in [1.82, 2.24) is 0 Å². The third-order valence-electron chi connectivity index (χ3n) is 2.74. The minimum Gasteiger partial charge on any atom is -0.326 e. The second kappa shape index (κ2) is 6.28. The minimum atomic E-state index is 0.0650. The number of carbonyl (C=O) groups excluding carboxylic acids is 1. The lowest BCUT2D eigenvalue weighted by Gasteiger charge is -2.11. The fraction of sp³-hybridized carbons (Fsp3) is 0.462. The Morgan fingerprint density at radius 3 is 2.75 bits per heavy atom. The summed E-state index contributed by atoms with van der Waals surface area (Å²) in [6.45, 7) is 4.61. The van der Waals surface area contributed by atoms with E-state index in [1.807, 2.05) is 24.3 Å². The number of amides is 1. The highest BCUT2D eigenvalue weighted by Gasteiger charge is 2.08. The van der Waals surface area contributed by atoms with Crippen LogP contribution in [0.1, 0.15) is 32.3 Å². The molecule has 1 aromatic carbocycles. The maximum Gasteiger partial charge on any atom is 0.224 e. The molecule has 0 saturated carbocycles. The van der Waals surface area contributed by atoms with Gasteiger partial charge in [0, 0.05) is 18.7 Å². The van der Waals surface area contributed by atoms with E-state index in [9.17, 15) is 4.79 Å². The number of benzene rings is 1. The second-order valence-corrected chi connectivity index (χ2v) is 4.13. The van der Waals surface area contributed by atoms with Gasteiger partial charge in [-0.25, -0.2) is 0 Å². The maximum atomic E-state index is 11.7. The van der Waals surface area contributed by atoms with Gasteiger partial charge in [0.2, 0.25) is 5.91 Å². The molecule has 0 saturated heterocycles. The monoisotopic (exact) mass is 220 g/mol. The van der Waals surface area contributed by atoms with Gasteiger partial charge in [0.25, 0.3) is 0 Å². The van der Waals surface area contributed by atoms with Crippen LogP contribution in [0.4, 0.5) is 5.69 Å². The Kier molecular flexibility index (Phi) is 4.99. The van der Waals surface area contributed by atoms with Crippen LogP contribution in [0.3, 0.4) is 0 Å². The van der Waals surface area contributed by atoms with Crippen molar-refractivity contribution in [2.75, 3.05) is 5.32 Å². The number of anilines is 1. The van der Waals surface area contributed by atoms with Crippen molar-refractivity contribution in [3.8, 4) is 0 Å². The Balaban J connectivity index is 2.62. The molecule has 0 aliphatic rings. The molecule has 0 bridgehead atoms. The molecule has 3 heteroatoms. The van der Waals surface area contributed by atoms with E-state index in [1.54, 1.807) is 0 Å². The van der Waals surface area contributed by atoms with Crippen LogP contribution in [0.25, 0.3) is 0 Å². The van der Waals surface area contributed by atoms with Crippen molar-refractivity contribution in [3.05, 3.63) is 29.8 Å². The zero-order chi connectivity index (χ0) is 12.0. The average Bonchev–Trinajstić information content (AvgIpc) is 2.29.